The van der Waals surface area contributed by atoms with Crippen LogP contribution in [0.2, 0.25) is 0 Å². The zero-order chi connectivity index (χ0) is 18.1. The molecule has 0 aromatic carbocycles. The minimum atomic E-state index is -4.64. The van der Waals surface area contributed by atoms with Crippen LogP contribution in [0.5, 0.6) is 0 Å². The molecule has 0 unspecified atom stereocenters. The summed E-state index contributed by atoms with van der Waals surface area (Å²) >= 11 is 0. The maximum atomic E-state index is 11.0. The van der Waals surface area contributed by atoms with Gasteiger partial charge in [0.25, 0.3) is 0 Å². The molecule has 0 rings (SSSR count). The average molecular weight is 616 g/mol. The van der Waals surface area contributed by atoms with E-state index in [-0.39, 0.29) is 74.3 Å². The van der Waals surface area contributed by atoms with Crippen LogP contribution in [-0.2, 0) is 19.4 Å². The van der Waals surface area contributed by atoms with Crippen molar-refractivity contribution in [1.82, 2.24) is 0 Å². The fraction of sp³-hybridized carbons (Fsp3) is 0.944. The zero-order valence-electron chi connectivity index (χ0n) is 18.7. The molecule has 154 valence electrons. The molecule has 0 fully saturated rings. The molecule has 0 bridgehead atoms. The van der Waals surface area contributed by atoms with E-state index in [1.165, 1.54) is 70.6 Å². The average Bonchev–Trinajstić information content (AvgIpc) is 2.49. The fourth-order valence-electron chi connectivity index (χ4n) is 2.80. The van der Waals surface area contributed by atoms with E-state index in [1.54, 1.807) is 0 Å². The summed E-state index contributed by atoms with van der Waals surface area (Å²) in [5.41, 5.74) is 0. The van der Waals surface area contributed by atoms with Crippen molar-refractivity contribution in [3.8, 4) is 0 Å². The van der Waals surface area contributed by atoms with E-state index in [0.29, 0.717) is 6.42 Å². The first kappa shape index (κ1) is 32.2. The van der Waals surface area contributed by atoms with E-state index in [4.69, 9.17) is 4.55 Å². The van der Waals surface area contributed by atoms with Crippen LogP contribution in [0.25, 0.3) is 0 Å². The number of carbonyl (C=O) groups excluding carboxylic acids is 1. The van der Waals surface area contributed by atoms with Crippen LogP contribution < -0.4 is 0 Å². The first-order chi connectivity index (χ1) is 11.5. The Morgan fingerprint density at radius 3 is 1.38 bits per heavy atom. The van der Waals surface area contributed by atoms with Gasteiger partial charge >= 0.3 is 81.4 Å². The molecule has 0 aromatic rings. The Hall–Kier alpha value is 1.56. The van der Waals surface area contributed by atoms with Crippen molar-refractivity contribution in [2.45, 2.75) is 110 Å². The third-order valence-corrected chi connectivity index (χ3v) is 4.58. The van der Waals surface area contributed by atoms with Crippen LogP contribution >= 0.6 is 0 Å². The van der Waals surface area contributed by atoms with Gasteiger partial charge in [-0.2, -0.15) is 8.42 Å². The number of hydrogen-bond acceptors (Lipinski definition) is 4. The molecule has 2 radical (unpaired) electrons. The monoisotopic (exact) mass is 616 g/mol. The first-order valence-corrected chi connectivity index (χ1v) is 11.0. The van der Waals surface area contributed by atoms with E-state index >= 15 is 0 Å². The van der Waals surface area contributed by atoms with Crippen molar-refractivity contribution in [3.63, 3.8) is 0 Å². The Bertz CT molecular complexity index is 415. The normalized spacial score (nSPS) is 10.7. The number of carbonyl (C=O) groups is 1. The van der Waals surface area contributed by atoms with Crippen molar-refractivity contribution in [3.05, 3.63) is 0 Å². The molecule has 0 aliphatic heterocycles. The van der Waals surface area contributed by atoms with Crippen LogP contribution in [0.1, 0.15) is 113 Å². The molecule has 26 heavy (non-hydrogen) atoms. The van der Waals surface area contributed by atoms with Gasteiger partial charge < -0.3 is 7.04 Å². The van der Waals surface area contributed by atoms with Crippen LogP contribution in [-0.4, -0.2) is 84.0 Å². The van der Waals surface area contributed by atoms with E-state index in [1.807, 2.05) is 0 Å². The van der Waals surface area contributed by atoms with E-state index < -0.39 is 16.4 Å². The molecule has 0 amide bonds. The molecule has 0 aromatic heterocycles. The molecule has 1 N–H and O–H groups in total. The van der Waals surface area contributed by atoms with Gasteiger partial charge in [0.1, 0.15) is 0 Å². The van der Waals surface area contributed by atoms with Crippen molar-refractivity contribution in [2.75, 3.05) is 0 Å². The second-order valence-corrected chi connectivity index (χ2v) is 7.60. The summed E-state index contributed by atoms with van der Waals surface area (Å²) in [6.45, 7) is 2.25. The van der Waals surface area contributed by atoms with Gasteiger partial charge in [-0.25, -0.2) is 0 Å². The van der Waals surface area contributed by atoms with Crippen molar-refractivity contribution in [1.29, 1.82) is 0 Å². The van der Waals surface area contributed by atoms with Gasteiger partial charge in [0.05, 0.1) is 0 Å². The minimum absolute atomic E-state index is 0. The Morgan fingerprint density at radius 1 is 0.769 bits per heavy atom. The molecule has 0 saturated heterocycles. The predicted octanol–water partition coefficient (Wildman–Crippen LogP) is 4.52. The SMILES string of the molecule is CCCCCCCCCCCCCCCCCC(=O)OS(=O)(=O)O.[Ca+2].[H-].[H-].[PbH2]. The number of rotatable bonds is 17. The Kier molecular flexibility index (Phi) is 28.3. The molecule has 0 aliphatic rings. The van der Waals surface area contributed by atoms with Crippen LogP contribution in [0, 0.1) is 0 Å². The Labute approximate surface area is 213 Å². The Balaban J connectivity index is -0.000000441. The van der Waals surface area contributed by atoms with Crippen LogP contribution in [0.3, 0.4) is 0 Å². The number of hydrogen-bond donors (Lipinski definition) is 1. The predicted molar refractivity (Wildman–Crippen MR) is 114 cm³/mol. The summed E-state index contributed by atoms with van der Waals surface area (Å²) in [6.07, 6.45) is 18.5. The van der Waals surface area contributed by atoms with Gasteiger partial charge in [0, 0.05) is 6.42 Å². The summed E-state index contributed by atoms with van der Waals surface area (Å²) in [6, 6.07) is 0. The van der Waals surface area contributed by atoms with E-state index in [9.17, 15) is 13.2 Å². The molecular formula is C18H40CaO5PbS. The Morgan fingerprint density at radius 2 is 1.08 bits per heavy atom. The fourth-order valence-corrected chi connectivity index (χ4v) is 3.12. The van der Waals surface area contributed by atoms with E-state index in [0.717, 1.165) is 19.3 Å². The second-order valence-electron chi connectivity index (χ2n) is 6.58. The summed E-state index contributed by atoms with van der Waals surface area (Å²) < 4.78 is 32.8. The zero-order valence-corrected chi connectivity index (χ0v) is 25.2. The maximum absolute atomic E-state index is 11.0. The van der Waals surface area contributed by atoms with Gasteiger partial charge in [0.15, 0.2) is 0 Å². The van der Waals surface area contributed by atoms with Crippen molar-refractivity contribution >= 4 is 81.4 Å². The van der Waals surface area contributed by atoms with Gasteiger partial charge in [-0.05, 0) is 6.42 Å². The molecule has 0 spiro atoms. The third-order valence-electron chi connectivity index (χ3n) is 4.18. The van der Waals surface area contributed by atoms with Crippen LogP contribution in [0.15, 0.2) is 0 Å². The number of unbranched alkanes of at least 4 members (excludes halogenated alkanes) is 14. The standard InChI is InChI=1S/C18H36O5S.Ca.Pb.4H/c1-2-3-4-5-6-7-8-9-10-11-12-13-14-15-16-17-18(19)23-24(20,21)22;;;;;;/h2-17H2,1H3,(H,20,21,22);;;;;;/q;+2;;;;2*-1. The quantitative estimate of drug-likeness (QED) is 0.148. The third kappa shape index (κ3) is 27.8. The van der Waals surface area contributed by atoms with Gasteiger partial charge in [0.2, 0.25) is 0 Å². The first-order valence-electron chi connectivity index (χ1n) is 9.65. The molecule has 0 atom stereocenters. The van der Waals surface area contributed by atoms with Gasteiger partial charge in [-0.15, -0.1) is 0 Å². The topological polar surface area (TPSA) is 80.7 Å². The summed E-state index contributed by atoms with van der Waals surface area (Å²) in [5, 5.41) is 0. The summed E-state index contributed by atoms with van der Waals surface area (Å²) in [4.78, 5) is 11.0. The second kappa shape index (κ2) is 22.8. The molecular weight excluding hydrogens is 576 g/mol. The van der Waals surface area contributed by atoms with Crippen molar-refractivity contribution in [2.24, 2.45) is 0 Å². The van der Waals surface area contributed by atoms with Gasteiger partial charge in [-0.3, -0.25) is 9.35 Å². The molecule has 5 nitrogen and oxygen atoms in total. The van der Waals surface area contributed by atoms with E-state index in [2.05, 4.69) is 11.1 Å². The molecule has 0 aliphatic carbocycles. The van der Waals surface area contributed by atoms with Crippen LogP contribution in [0.4, 0.5) is 0 Å². The van der Waals surface area contributed by atoms with Gasteiger partial charge in [-0.1, -0.05) is 96.8 Å². The summed E-state index contributed by atoms with van der Waals surface area (Å²) in [7, 11) is -4.64. The van der Waals surface area contributed by atoms with Crippen molar-refractivity contribution < 1.29 is 24.8 Å². The molecule has 8 heteroatoms. The summed E-state index contributed by atoms with van der Waals surface area (Å²) in [5.74, 6) is -0.882. The molecule has 0 heterocycles. The molecule has 0 saturated carbocycles.